The third-order valence-corrected chi connectivity index (χ3v) is 4.41. The van der Waals surface area contributed by atoms with Crippen LogP contribution < -0.4 is 5.73 Å². The van der Waals surface area contributed by atoms with E-state index in [-0.39, 0.29) is 18.6 Å². The van der Waals surface area contributed by atoms with Gasteiger partial charge in [0.25, 0.3) is 0 Å². The van der Waals surface area contributed by atoms with Crippen molar-refractivity contribution < 1.29 is 9.53 Å². The molecule has 2 N–H and O–H groups in total. The van der Waals surface area contributed by atoms with E-state index in [9.17, 15) is 4.79 Å². The van der Waals surface area contributed by atoms with Gasteiger partial charge in [-0.05, 0) is 25.0 Å². The summed E-state index contributed by atoms with van der Waals surface area (Å²) in [7, 11) is 0. The minimum Gasteiger partial charge on any atom is -0.376 e. The van der Waals surface area contributed by atoms with Crippen LogP contribution in [0.2, 0.25) is 0 Å². The van der Waals surface area contributed by atoms with Crippen LogP contribution in [-0.2, 0) is 9.53 Å². The number of carbonyl (C=O) groups excluding carboxylic acids is 1. The van der Waals surface area contributed by atoms with Crippen LogP contribution in [0, 0.1) is 0 Å². The highest BCUT2D eigenvalue weighted by molar-refractivity contribution is 7.99. The number of rotatable bonds is 4. The first-order valence-electron chi connectivity index (χ1n) is 6.00. The molecule has 5 heteroatoms. The molecule has 0 bridgehead atoms. The molecule has 2 atom stereocenters. The lowest BCUT2D eigenvalue weighted by molar-refractivity contribution is -0.133. The summed E-state index contributed by atoms with van der Waals surface area (Å²) < 4.78 is 5.60. The molecule has 2 saturated heterocycles. The minimum atomic E-state index is 0.0722. The maximum absolute atomic E-state index is 11.8. The Balaban J connectivity index is 1.92. The molecule has 0 aromatic rings. The normalized spacial score (nSPS) is 29.6. The monoisotopic (exact) mass is 244 g/mol. The predicted octanol–water partition coefficient (Wildman–Crippen LogP) is 0.458. The summed E-state index contributed by atoms with van der Waals surface area (Å²) in [6, 6.07) is 0.380. The summed E-state index contributed by atoms with van der Waals surface area (Å²) in [6.07, 6.45) is 3.53. The molecule has 4 nitrogen and oxygen atoms in total. The fraction of sp³-hybridized carbons (Fsp3) is 0.909. The Morgan fingerprint density at radius 1 is 1.50 bits per heavy atom. The van der Waals surface area contributed by atoms with E-state index in [2.05, 4.69) is 0 Å². The molecule has 1 amide bonds. The van der Waals surface area contributed by atoms with Gasteiger partial charge in [0.05, 0.1) is 12.6 Å². The predicted molar refractivity (Wildman–Crippen MR) is 65.5 cm³/mol. The standard InChI is InChI=1S/C11H20N2O2S/c12-6-11(14)13(9-3-5-16-8-9)7-10-2-1-4-15-10/h9-10H,1-8,12H2. The van der Waals surface area contributed by atoms with E-state index < -0.39 is 0 Å². The van der Waals surface area contributed by atoms with Crippen molar-refractivity contribution in [2.24, 2.45) is 5.73 Å². The van der Waals surface area contributed by atoms with Gasteiger partial charge in [0.1, 0.15) is 0 Å². The van der Waals surface area contributed by atoms with E-state index in [1.165, 1.54) is 0 Å². The zero-order valence-electron chi connectivity index (χ0n) is 9.56. The van der Waals surface area contributed by atoms with Gasteiger partial charge < -0.3 is 15.4 Å². The second-order valence-electron chi connectivity index (χ2n) is 4.40. The summed E-state index contributed by atoms with van der Waals surface area (Å²) >= 11 is 1.92. The van der Waals surface area contributed by atoms with Crippen molar-refractivity contribution in [2.45, 2.75) is 31.4 Å². The Kier molecular flexibility index (Phi) is 4.49. The van der Waals surface area contributed by atoms with Crippen LogP contribution in [-0.4, -0.2) is 54.2 Å². The van der Waals surface area contributed by atoms with Crippen LogP contribution in [0.3, 0.4) is 0 Å². The molecule has 0 spiro atoms. The van der Waals surface area contributed by atoms with Crippen LogP contribution >= 0.6 is 11.8 Å². The number of thioether (sulfide) groups is 1. The quantitative estimate of drug-likeness (QED) is 0.780. The van der Waals surface area contributed by atoms with Crippen LogP contribution in [0.25, 0.3) is 0 Å². The van der Waals surface area contributed by atoms with E-state index in [4.69, 9.17) is 10.5 Å². The molecule has 0 aromatic carbocycles. The summed E-state index contributed by atoms with van der Waals surface area (Å²) in [4.78, 5) is 13.8. The van der Waals surface area contributed by atoms with Gasteiger partial charge in [-0.2, -0.15) is 11.8 Å². The molecule has 2 aliphatic rings. The second kappa shape index (κ2) is 5.89. The Bertz CT molecular complexity index is 238. The Morgan fingerprint density at radius 3 is 2.94 bits per heavy atom. The Hall–Kier alpha value is -0.260. The molecule has 2 aliphatic heterocycles. The number of nitrogens with zero attached hydrogens (tertiary/aromatic N) is 1. The van der Waals surface area contributed by atoms with Gasteiger partial charge in [-0.25, -0.2) is 0 Å². The lowest BCUT2D eigenvalue weighted by Gasteiger charge is -2.30. The van der Waals surface area contributed by atoms with E-state index in [0.29, 0.717) is 6.04 Å². The second-order valence-corrected chi connectivity index (χ2v) is 5.55. The molecule has 0 radical (unpaired) electrons. The molecule has 2 fully saturated rings. The minimum absolute atomic E-state index is 0.0722. The van der Waals surface area contributed by atoms with Gasteiger partial charge in [0.15, 0.2) is 0 Å². The van der Waals surface area contributed by atoms with Crippen molar-refractivity contribution in [3.63, 3.8) is 0 Å². The van der Waals surface area contributed by atoms with Crippen LogP contribution in [0.4, 0.5) is 0 Å². The fourth-order valence-corrected chi connectivity index (χ4v) is 3.57. The lowest BCUT2D eigenvalue weighted by Crippen LogP contribution is -2.47. The van der Waals surface area contributed by atoms with Crippen LogP contribution in [0.1, 0.15) is 19.3 Å². The smallest absolute Gasteiger partial charge is 0.236 e. The van der Waals surface area contributed by atoms with Gasteiger partial charge in [-0.15, -0.1) is 0 Å². The largest absolute Gasteiger partial charge is 0.376 e. The van der Waals surface area contributed by atoms with Crippen LogP contribution in [0.15, 0.2) is 0 Å². The average molecular weight is 244 g/mol. The third kappa shape index (κ3) is 2.90. The van der Waals surface area contributed by atoms with E-state index >= 15 is 0 Å². The topological polar surface area (TPSA) is 55.6 Å². The summed E-state index contributed by atoms with van der Waals surface area (Å²) in [5.74, 6) is 2.28. The third-order valence-electron chi connectivity index (χ3n) is 3.27. The number of amides is 1. The molecule has 0 saturated carbocycles. The molecule has 0 aromatic heterocycles. The molecular formula is C11H20N2O2S. The highest BCUT2D eigenvalue weighted by atomic mass is 32.2. The summed E-state index contributed by atoms with van der Waals surface area (Å²) in [6.45, 7) is 1.70. The summed E-state index contributed by atoms with van der Waals surface area (Å²) in [5, 5.41) is 0. The van der Waals surface area contributed by atoms with E-state index in [1.807, 2.05) is 16.7 Å². The van der Waals surface area contributed by atoms with Crippen molar-refractivity contribution in [3.05, 3.63) is 0 Å². The Morgan fingerprint density at radius 2 is 2.38 bits per heavy atom. The molecule has 16 heavy (non-hydrogen) atoms. The fourth-order valence-electron chi connectivity index (χ4n) is 2.35. The molecular weight excluding hydrogens is 224 g/mol. The SMILES string of the molecule is NCC(=O)N(CC1CCCO1)C1CCSC1. The average Bonchev–Trinajstić information content (AvgIpc) is 2.97. The first-order chi connectivity index (χ1) is 7.81. The summed E-state index contributed by atoms with van der Waals surface area (Å²) in [5.41, 5.74) is 5.48. The van der Waals surface area contributed by atoms with Crippen molar-refractivity contribution in [1.82, 2.24) is 4.90 Å². The van der Waals surface area contributed by atoms with Gasteiger partial charge in [0.2, 0.25) is 5.91 Å². The highest BCUT2D eigenvalue weighted by Crippen LogP contribution is 2.24. The van der Waals surface area contributed by atoms with E-state index in [0.717, 1.165) is 43.9 Å². The number of nitrogens with two attached hydrogens (primary N) is 1. The molecule has 0 aliphatic carbocycles. The number of ether oxygens (including phenoxy) is 1. The lowest BCUT2D eigenvalue weighted by atomic mass is 10.1. The first-order valence-corrected chi connectivity index (χ1v) is 7.15. The van der Waals surface area contributed by atoms with Gasteiger partial charge in [-0.3, -0.25) is 4.79 Å². The maximum atomic E-state index is 11.8. The van der Waals surface area contributed by atoms with E-state index in [1.54, 1.807) is 0 Å². The van der Waals surface area contributed by atoms with Crippen molar-refractivity contribution in [2.75, 3.05) is 31.2 Å². The number of hydrogen-bond acceptors (Lipinski definition) is 4. The first kappa shape index (κ1) is 12.2. The zero-order chi connectivity index (χ0) is 11.4. The Labute approximate surface area is 101 Å². The molecule has 2 heterocycles. The molecule has 2 unspecified atom stereocenters. The highest BCUT2D eigenvalue weighted by Gasteiger charge is 2.29. The van der Waals surface area contributed by atoms with Gasteiger partial charge in [-0.1, -0.05) is 0 Å². The maximum Gasteiger partial charge on any atom is 0.236 e. The molecule has 92 valence electrons. The zero-order valence-corrected chi connectivity index (χ0v) is 10.4. The van der Waals surface area contributed by atoms with Gasteiger partial charge >= 0.3 is 0 Å². The van der Waals surface area contributed by atoms with Crippen molar-refractivity contribution in [3.8, 4) is 0 Å². The van der Waals surface area contributed by atoms with Crippen molar-refractivity contribution >= 4 is 17.7 Å². The van der Waals surface area contributed by atoms with Gasteiger partial charge in [0, 0.05) is 24.9 Å². The number of hydrogen-bond donors (Lipinski definition) is 1. The number of carbonyl (C=O) groups is 1. The van der Waals surface area contributed by atoms with Crippen LogP contribution in [0.5, 0.6) is 0 Å². The van der Waals surface area contributed by atoms with Crippen molar-refractivity contribution in [1.29, 1.82) is 0 Å². The molecule has 2 rings (SSSR count).